The molecule has 3 aromatic carbocycles. The van der Waals surface area contributed by atoms with Crippen molar-refractivity contribution < 1.29 is 19.4 Å². The maximum Gasteiger partial charge on any atom is 0.266 e. The number of benzene rings is 3. The number of methoxy groups -OCH3 is 1. The Morgan fingerprint density at radius 1 is 1.15 bits per heavy atom. The number of nitrogens with zero attached hydrogens (tertiary/aromatic N) is 2. The highest BCUT2D eigenvalue weighted by Crippen LogP contribution is 2.35. The quantitative estimate of drug-likeness (QED) is 0.185. The van der Waals surface area contributed by atoms with Crippen LogP contribution in [-0.2, 0) is 11.4 Å². The zero-order valence-electron chi connectivity index (χ0n) is 17.5. The van der Waals surface area contributed by atoms with E-state index in [1.807, 2.05) is 18.2 Å². The molecule has 0 heterocycles. The number of amides is 1. The lowest BCUT2D eigenvalue weighted by Gasteiger charge is -2.14. The van der Waals surface area contributed by atoms with Crippen molar-refractivity contribution >= 4 is 40.3 Å². The summed E-state index contributed by atoms with van der Waals surface area (Å²) in [5.41, 5.74) is 2.22. The average molecular weight is 551 g/mol. The maximum atomic E-state index is 12.5. The van der Waals surface area contributed by atoms with Crippen molar-refractivity contribution in [2.75, 3.05) is 12.4 Å². The first kappa shape index (κ1) is 23.6. The molecule has 3 aromatic rings. The number of aromatic hydroxyl groups is 1. The third kappa shape index (κ3) is 6.03. The predicted octanol–water partition coefficient (Wildman–Crippen LogP) is 5.00. The summed E-state index contributed by atoms with van der Waals surface area (Å²) in [6.45, 7) is 0.184. The number of phenols is 1. The molecule has 0 unspecified atom stereocenters. The lowest BCUT2D eigenvalue weighted by molar-refractivity contribution is -0.112. The molecule has 0 saturated heterocycles. The van der Waals surface area contributed by atoms with Gasteiger partial charge in [-0.3, -0.25) is 4.79 Å². The van der Waals surface area contributed by atoms with Crippen molar-refractivity contribution in [1.29, 1.82) is 10.5 Å². The van der Waals surface area contributed by atoms with Crippen LogP contribution in [0.15, 0.2) is 66.2 Å². The van der Waals surface area contributed by atoms with Gasteiger partial charge in [-0.05, 0) is 76.7 Å². The highest BCUT2D eigenvalue weighted by Gasteiger charge is 2.15. The Labute approximate surface area is 204 Å². The van der Waals surface area contributed by atoms with Crippen LogP contribution in [0.5, 0.6) is 17.2 Å². The van der Waals surface area contributed by atoms with Crippen LogP contribution in [0.3, 0.4) is 0 Å². The standard InChI is InChI=1S/C25H18IN3O4/c1-32-23-12-16(10-19(14-28)25(31)29-20-6-8-21(30)9-7-20)11-22(26)24(23)33-15-18-5-3-2-4-17(18)13-27/h2-12,30H,15H2,1H3,(H,29,31)/b19-10+. The second-order valence-corrected chi connectivity index (χ2v) is 7.92. The van der Waals surface area contributed by atoms with Crippen molar-refractivity contribution in [1.82, 2.24) is 0 Å². The normalized spacial score (nSPS) is 10.6. The molecule has 0 aliphatic carbocycles. The Balaban J connectivity index is 1.83. The summed E-state index contributed by atoms with van der Waals surface area (Å²) < 4.78 is 12.1. The molecule has 8 heteroatoms. The van der Waals surface area contributed by atoms with Crippen LogP contribution >= 0.6 is 22.6 Å². The smallest absolute Gasteiger partial charge is 0.266 e. The van der Waals surface area contributed by atoms with Gasteiger partial charge in [-0.2, -0.15) is 10.5 Å². The number of phenolic OH excluding ortho intramolecular Hbond substituents is 1. The topological polar surface area (TPSA) is 115 Å². The van der Waals surface area contributed by atoms with E-state index in [9.17, 15) is 20.4 Å². The van der Waals surface area contributed by atoms with Crippen LogP contribution in [0.25, 0.3) is 6.08 Å². The largest absolute Gasteiger partial charge is 0.508 e. The summed E-state index contributed by atoms with van der Waals surface area (Å²) in [4.78, 5) is 12.5. The molecule has 2 N–H and O–H groups in total. The number of ether oxygens (including phenoxy) is 2. The molecular weight excluding hydrogens is 533 g/mol. The van der Waals surface area contributed by atoms with Gasteiger partial charge in [0.15, 0.2) is 11.5 Å². The minimum Gasteiger partial charge on any atom is -0.508 e. The minimum atomic E-state index is -0.578. The average Bonchev–Trinajstić information content (AvgIpc) is 2.83. The van der Waals surface area contributed by atoms with E-state index < -0.39 is 5.91 Å². The molecule has 0 radical (unpaired) electrons. The number of hydrogen-bond acceptors (Lipinski definition) is 6. The van der Waals surface area contributed by atoms with E-state index in [4.69, 9.17) is 9.47 Å². The number of carbonyl (C=O) groups excluding carboxylic acids is 1. The summed E-state index contributed by atoms with van der Waals surface area (Å²) >= 11 is 2.09. The Bertz CT molecular complexity index is 1290. The van der Waals surface area contributed by atoms with Gasteiger partial charge in [0.25, 0.3) is 5.91 Å². The summed E-state index contributed by atoms with van der Waals surface area (Å²) in [5.74, 6) is 0.420. The minimum absolute atomic E-state index is 0.0733. The van der Waals surface area contributed by atoms with E-state index in [-0.39, 0.29) is 17.9 Å². The van der Waals surface area contributed by atoms with E-state index in [0.717, 1.165) is 5.56 Å². The first-order chi connectivity index (χ1) is 15.9. The Hall–Kier alpha value is -4.02. The van der Waals surface area contributed by atoms with E-state index in [2.05, 4.69) is 34.0 Å². The van der Waals surface area contributed by atoms with Gasteiger partial charge in [0, 0.05) is 11.3 Å². The molecule has 0 atom stereocenters. The lowest BCUT2D eigenvalue weighted by atomic mass is 10.1. The van der Waals surface area contributed by atoms with Gasteiger partial charge in [0.1, 0.15) is 24.0 Å². The van der Waals surface area contributed by atoms with Crippen molar-refractivity contribution in [2.45, 2.75) is 6.61 Å². The molecule has 0 fully saturated rings. The second-order valence-electron chi connectivity index (χ2n) is 6.76. The van der Waals surface area contributed by atoms with Gasteiger partial charge in [-0.15, -0.1) is 0 Å². The summed E-state index contributed by atoms with van der Waals surface area (Å²) in [6, 6.07) is 20.6. The molecule has 164 valence electrons. The number of anilines is 1. The monoisotopic (exact) mass is 551 g/mol. The van der Waals surface area contributed by atoms with Gasteiger partial charge < -0.3 is 19.9 Å². The molecule has 7 nitrogen and oxygen atoms in total. The van der Waals surface area contributed by atoms with Crippen molar-refractivity contribution in [3.8, 4) is 29.4 Å². The van der Waals surface area contributed by atoms with Gasteiger partial charge in [0.2, 0.25) is 0 Å². The van der Waals surface area contributed by atoms with Crippen LogP contribution in [0.4, 0.5) is 5.69 Å². The molecule has 0 aromatic heterocycles. The molecule has 1 amide bonds. The van der Waals surface area contributed by atoms with Gasteiger partial charge >= 0.3 is 0 Å². The first-order valence-electron chi connectivity index (χ1n) is 9.65. The summed E-state index contributed by atoms with van der Waals surface area (Å²) in [5, 5.41) is 30.7. The van der Waals surface area contributed by atoms with E-state index in [1.54, 1.807) is 24.3 Å². The SMILES string of the molecule is COc1cc(/C=C(\C#N)C(=O)Nc2ccc(O)cc2)cc(I)c1OCc1ccccc1C#N. The molecule has 0 aliphatic heterocycles. The Morgan fingerprint density at radius 2 is 1.88 bits per heavy atom. The Morgan fingerprint density at radius 3 is 2.55 bits per heavy atom. The summed E-state index contributed by atoms with van der Waals surface area (Å²) in [7, 11) is 1.50. The fourth-order valence-electron chi connectivity index (χ4n) is 2.93. The highest BCUT2D eigenvalue weighted by molar-refractivity contribution is 14.1. The third-order valence-corrected chi connectivity index (χ3v) is 5.36. The number of hydrogen-bond donors (Lipinski definition) is 2. The van der Waals surface area contributed by atoms with Crippen LogP contribution in [0, 0.1) is 26.2 Å². The van der Waals surface area contributed by atoms with Crippen molar-refractivity contribution in [3.05, 3.63) is 86.5 Å². The van der Waals surface area contributed by atoms with Crippen LogP contribution < -0.4 is 14.8 Å². The van der Waals surface area contributed by atoms with E-state index in [0.29, 0.717) is 31.9 Å². The highest BCUT2D eigenvalue weighted by atomic mass is 127. The van der Waals surface area contributed by atoms with E-state index in [1.165, 1.54) is 37.5 Å². The molecule has 0 spiro atoms. The summed E-state index contributed by atoms with van der Waals surface area (Å²) in [6.07, 6.45) is 1.45. The van der Waals surface area contributed by atoms with Crippen LogP contribution in [-0.4, -0.2) is 18.1 Å². The van der Waals surface area contributed by atoms with E-state index >= 15 is 0 Å². The molecule has 0 aliphatic rings. The zero-order valence-corrected chi connectivity index (χ0v) is 19.7. The number of carbonyl (C=O) groups is 1. The predicted molar refractivity (Wildman–Crippen MR) is 132 cm³/mol. The van der Waals surface area contributed by atoms with Gasteiger partial charge in [-0.25, -0.2) is 0 Å². The number of nitriles is 2. The van der Waals surface area contributed by atoms with Crippen LogP contribution in [0.2, 0.25) is 0 Å². The second kappa shape index (κ2) is 11.0. The molecule has 0 bridgehead atoms. The lowest BCUT2D eigenvalue weighted by Crippen LogP contribution is -2.13. The van der Waals surface area contributed by atoms with Crippen molar-refractivity contribution in [2.24, 2.45) is 0 Å². The molecule has 0 saturated carbocycles. The maximum absolute atomic E-state index is 12.5. The van der Waals surface area contributed by atoms with Crippen molar-refractivity contribution in [3.63, 3.8) is 0 Å². The Kier molecular flexibility index (Phi) is 7.90. The fraction of sp³-hybridized carbons (Fsp3) is 0.0800. The number of nitrogens with one attached hydrogen (secondary N) is 1. The first-order valence-corrected chi connectivity index (χ1v) is 10.7. The number of halogens is 1. The van der Waals surface area contributed by atoms with Gasteiger partial charge in [-0.1, -0.05) is 18.2 Å². The third-order valence-electron chi connectivity index (χ3n) is 4.56. The molecule has 33 heavy (non-hydrogen) atoms. The van der Waals surface area contributed by atoms with Gasteiger partial charge in [0.05, 0.1) is 22.3 Å². The molecule has 3 rings (SSSR count). The van der Waals surface area contributed by atoms with Crippen LogP contribution in [0.1, 0.15) is 16.7 Å². The molecular formula is C25H18IN3O4. The zero-order chi connectivity index (χ0) is 23.8. The number of rotatable bonds is 7. The fourth-order valence-corrected chi connectivity index (χ4v) is 3.71.